The van der Waals surface area contributed by atoms with Gasteiger partial charge >= 0.3 is 0 Å². The molecule has 0 unspecified atom stereocenters. The van der Waals surface area contributed by atoms with Gasteiger partial charge in [0.15, 0.2) is 11.6 Å². The van der Waals surface area contributed by atoms with Gasteiger partial charge in [-0.2, -0.15) is 5.10 Å². The number of nitrogen functional groups attached to an aromatic ring is 1. The monoisotopic (exact) mass is 244 g/mol. The molecule has 1 saturated heterocycles. The Kier molecular flexibility index (Phi) is 2.84. The Morgan fingerprint density at radius 3 is 2.56 bits per heavy atom. The summed E-state index contributed by atoms with van der Waals surface area (Å²) in [6, 6.07) is 1.85. The summed E-state index contributed by atoms with van der Waals surface area (Å²) in [6.45, 7) is 2.03. The third-order valence-corrected chi connectivity index (χ3v) is 3.22. The molecule has 3 rings (SSSR count). The standard InChI is InChI=1S/C12H16N6/c13-10-11(17-6-2-1-3-7-17)14-9-15-12(10)18-8-4-5-16-18/h4-5,8-9H,1-3,6-7,13H2. The number of piperidine rings is 1. The lowest BCUT2D eigenvalue weighted by Crippen LogP contribution is -2.31. The van der Waals surface area contributed by atoms with Crippen LogP contribution >= 0.6 is 0 Å². The van der Waals surface area contributed by atoms with E-state index in [1.807, 2.05) is 12.3 Å². The molecule has 0 saturated carbocycles. The number of nitrogens with zero attached hydrogens (tertiary/aromatic N) is 5. The molecule has 1 aliphatic rings. The quantitative estimate of drug-likeness (QED) is 0.860. The van der Waals surface area contributed by atoms with E-state index >= 15 is 0 Å². The highest BCUT2D eigenvalue weighted by atomic mass is 15.3. The van der Waals surface area contributed by atoms with Crippen LogP contribution in [0, 0.1) is 0 Å². The molecule has 6 heteroatoms. The number of anilines is 2. The molecule has 2 aromatic heterocycles. The van der Waals surface area contributed by atoms with Crippen molar-refractivity contribution in [3.05, 3.63) is 24.8 Å². The van der Waals surface area contributed by atoms with E-state index in [9.17, 15) is 0 Å². The lowest BCUT2D eigenvalue weighted by atomic mass is 10.1. The molecule has 0 radical (unpaired) electrons. The zero-order valence-corrected chi connectivity index (χ0v) is 10.2. The molecule has 0 aromatic carbocycles. The van der Waals surface area contributed by atoms with Gasteiger partial charge in [0.05, 0.1) is 0 Å². The molecular formula is C12H16N6. The minimum absolute atomic E-state index is 0.600. The maximum Gasteiger partial charge on any atom is 0.181 e. The Morgan fingerprint density at radius 1 is 1.06 bits per heavy atom. The second-order valence-electron chi connectivity index (χ2n) is 4.43. The SMILES string of the molecule is Nc1c(N2CCCCC2)ncnc1-n1cccn1. The van der Waals surface area contributed by atoms with Crippen molar-refractivity contribution in [2.75, 3.05) is 23.7 Å². The number of aromatic nitrogens is 4. The molecule has 2 N–H and O–H groups in total. The van der Waals surface area contributed by atoms with E-state index in [1.54, 1.807) is 17.2 Å². The van der Waals surface area contributed by atoms with Crippen molar-refractivity contribution in [3.63, 3.8) is 0 Å². The summed E-state index contributed by atoms with van der Waals surface area (Å²) in [5.74, 6) is 1.48. The normalized spacial score (nSPS) is 15.9. The van der Waals surface area contributed by atoms with Crippen LogP contribution in [0.1, 0.15) is 19.3 Å². The Morgan fingerprint density at radius 2 is 1.83 bits per heavy atom. The van der Waals surface area contributed by atoms with Crippen molar-refractivity contribution in [2.24, 2.45) is 0 Å². The van der Waals surface area contributed by atoms with Gasteiger partial charge in [0.2, 0.25) is 0 Å². The highest BCUT2D eigenvalue weighted by Crippen LogP contribution is 2.26. The van der Waals surface area contributed by atoms with Crippen LogP contribution in [0.3, 0.4) is 0 Å². The van der Waals surface area contributed by atoms with Crippen LogP contribution in [0.15, 0.2) is 24.8 Å². The fraction of sp³-hybridized carbons (Fsp3) is 0.417. The summed E-state index contributed by atoms with van der Waals surface area (Å²) in [5, 5.41) is 4.16. The van der Waals surface area contributed by atoms with Crippen molar-refractivity contribution in [1.82, 2.24) is 19.7 Å². The lowest BCUT2D eigenvalue weighted by molar-refractivity contribution is 0.573. The van der Waals surface area contributed by atoms with E-state index in [1.165, 1.54) is 19.3 Å². The predicted molar refractivity (Wildman–Crippen MR) is 69.6 cm³/mol. The first-order valence-electron chi connectivity index (χ1n) is 6.22. The van der Waals surface area contributed by atoms with Crippen molar-refractivity contribution < 1.29 is 0 Å². The second kappa shape index (κ2) is 4.64. The molecule has 6 nitrogen and oxygen atoms in total. The molecule has 0 amide bonds. The average molecular weight is 244 g/mol. The van der Waals surface area contributed by atoms with Gasteiger partial charge in [-0.25, -0.2) is 14.6 Å². The minimum Gasteiger partial charge on any atom is -0.393 e. The molecule has 0 bridgehead atoms. The zero-order chi connectivity index (χ0) is 12.4. The molecule has 1 fully saturated rings. The van der Waals surface area contributed by atoms with Gasteiger partial charge in [0.25, 0.3) is 0 Å². The molecule has 1 aliphatic heterocycles. The maximum atomic E-state index is 6.18. The Bertz CT molecular complexity index is 515. The molecular weight excluding hydrogens is 228 g/mol. The predicted octanol–water partition coefficient (Wildman–Crippen LogP) is 1.23. The van der Waals surface area contributed by atoms with Gasteiger partial charge in [-0.3, -0.25) is 0 Å². The fourth-order valence-electron chi connectivity index (χ4n) is 2.31. The Balaban J connectivity index is 1.98. The summed E-state index contributed by atoms with van der Waals surface area (Å²) in [5.41, 5.74) is 6.78. The molecule has 18 heavy (non-hydrogen) atoms. The smallest absolute Gasteiger partial charge is 0.181 e. The lowest BCUT2D eigenvalue weighted by Gasteiger charge is -2.28. The third kappa shape index (κ3) is 1.90. The number of rotatable bonds is 2. The van der Waals surface area contributed by atoms with E-state index in [4.69, 9.17) is 5.73 Å². The van der Waals surface area contributed by atoms with Gasteiger partial charge in [0.1, 0.15) is 12.0 Å². The van der Waals surface area contributed by atoms with Gasteiger partial charge in [-0.1, -0.05) is 0 Å². The fourth-order valence-corrected chi connectivity index (χ4v) is 2.31. The number of hydrogen-bond donors (Lipinski definition) is 1. The van der Waals surface area contributed by atoms with Crippen LogP contribution in [0.2, 0.25) is 0 Å². The molecule has 0 spiro atoms. The summed E-state index contributed by atoms with van der Waals surface area (Å²) >= 11 is 0. The average Bonchev–Trinajstić information content (AvgIpc) is 2.94. The van der Waals surface area contributed by atoms with E-state index in [-0.39, 0.29) is 0 Å². The van der Waals surface area contributed by atoms with Gasteiger partial charge in [0, 0.05) is 25.5 Å². The molecule has 0 atom stereocenters. The van der Waals surface area contributed by atoms with Crippen molar-refractivity contribution >= 4 is 11.5 Å². The van der Waals surface area contributed by atoms with Crippen LogP contribution in [-0.4, -0.2) is 32.8 Å². The summed E-state index contributed by atoms with van der Waals surface area (Å²) in [7, 11) is 0. The van der Waals surface area contributed by atoms with Crippen LogP contribution in [0.25, 0.3) is 5.82 Å². The maximum absolute atomic E-state index is 6.18. The minimum atomic E-state index is 0.600. The zero-order valence-electron chi connectivity index (χ0n) is 10.2. The molecule has 0 aliphatic carbocycles. The van der Waals surface area contributed by atoms with E-state index < -0.39 is 0 Å². The highest BCUT2D eigenvalue weighted by Gasteiger charge is 2.18. The second-order valence-corrected chi connectivity index (χ2v) is 4.43. The van der Waals surface area contributed by atoms with Gasteiger partial charge < -0.3 is 10.6 Å². The molecule has 2 aromatic rings. The van der Waals surface area contributed by atoms with Crippen LogP contribution in [0.5, 0.6) is 0 Å². The first-order valence-corrected chi connectivity index (χ1v) is 6.22. The van der Waals surface area contributed by atoms with E-state index in [0.717, 1.165) is 18.9 Å². The number of nitrogens with two attached hydrogens (primary N) is 1. The van der Waals surface area contributed by atoms with E-state index in [2.05, 4.69) is 20.0 Å². The first kappa shape index (κ1) is 11.0. The van der Waals surface area contributed by atoms with Crippen molar-refractivity contribution in [3.8, 4) is 5.82 Å². The van der Waals surface area contributed by atoms with Crippen LogP contribution in [-0.2, 0) is 0 Å². The van der Waals surface area contributed by atoms with Gasteiger partial charge in [-0.05, 0) is 25.3 Å². The topological polar surface area (TPSA) is 72.9 Å². The van der Waals surface area contributed by atoms with Crippen molar-refractivity contribution in [1.29, 1.82) is 0 Å². The third-order valence-electron chi connectivity index (χ3n) is 3.22. The van der Waals surface area contributed by atoms with E-state index in [0.29, 0.717) is 11.5 Å². The molecule has 94 valence electrons. The Hall–Kier alpha value is -2.11. The number of hydrogen-bond acceptors (Lipinski definition) is 5. The largest absolute Gasteiger partial charge is 0.393 e. The Labute approximate surface area is 105 Å². The van der Waals surface area contributed by atoms with Gasteiger partial charge in [-0.15, -0.1) is 0 Å². The summed E-state index contributed by atoms with van der Waals surface area (Å²) in [6.07, 6.45) is 8.77. The van der Waals surface area contributed by atoms with Crippen LogP contribution < -0.4 is 10.6 Å². The summed E-state index contributed by atoms with van der Waals surface area (Å²) in [4.78, 5) is 10.8. The van der Waals surface area contributed by atoms with Crippen molar-refractivity contribution in [2.45, 2.75) is 19.3 Å². The van der Waals surface area contributed by atoms with Crippen LogP contribution in [0.4, 0.5) is 11.5 Å². The summed E-state index contributed by atoms with van der Waals surface area (Å²) < 4.78 is 1.67. The highest BCUT2D eigenvalue weighted by molar-refractivity contribution is 5.70. The first-order chi connectivity index (χ1) is 8.86. The molecule has 3 heterocycles.